The topological polar surface area (TPSA) is 155 Å². The summed E-state index contributed by atoms with van der Waals surface area (Å²) in [6.07, 6.45) is 1.06. The fourth-order valence-electron chi connectivity index (χ4n) is 5.80. The van der Waals surface area contributed by atoms with Crippen LogP contribution in [0.5, 0.6) is 11.5 Å². The normalized spacial score (nSPS) is 19.4. The monoisotopic (exact) mass is 699 g/mol. The van der Waals surface area contributed by atoms with Crippen molar-refractivity contribution in [3.8, 4) is 11.5 Å². The first-order valence-electron chi connectivity index (χ1n) is 17.4. The Morgan fingerprint density at radius 2 is 1.67 bits per heavy atom. The maximum Gasteiger partial charge on any atom is 0.255 e. The molecule has 0 aromatic heterocycles. The molecule has 12 nitrogen and oxygen atoms in total. The molecule has 272 valence electrons. The summed E-state index contributed by atoms with van der Waals surface area (Å²) >= 11 is 0. The minimum atomic E-state index is -1.26. The van der Waals surface area contributed by atoms with Crippen LogP contribution in [0.15, 0.2) is 78.9 Å². The van der Waals surface area contributed by atoms with Gasteiger partial charge in [0.2, 0.25) is 23.6 Å². The first kappa shape index (κ1) is 38.4. The van der Waals surface area contributed by atoms with E-state index < -0.39 is 48.2 Å². The van der Waals surface area contributed by atoms with Crippen molar-refractivity contribution in [1.82, 2.24) is 26.2 Å². The van der Waals surface area contributed by atoms with E-state index in [1.165, 1.54) is 11.9 Å². The molecule has 12 heteroatoms. The van der Waals surface area contributed by atoms with E-state index in [4.69, 9.17) is 9.47 Å². The van der Waals surface area contributed by atoms with Crippen LogP contribution in [0.3, 0.4) is 0 Å². The second-order valence-corrected chi connectivity index (χ2v) is 13.0. The largest absolute Gasteiger partial charge is 0.497 e. The lowest BCUT2D eigenvalue weighted by atomic mass is 9.99. The number of nitrogens with one attached hydrogen (secondary N) is 4. The fourth-order valence-corrected chi connectivity index (χ4v) is 5.80. The fraction of sp³-hybridized carbons (Fsp3) is 0.410. The average Bonchev–Trinajstić information content (AvgIpc) is 3.12. The van der Waals surface area contributed by atoms with E-state index in [0.717, 1.165) is 11.1 Å². The van der Waals surface area contributed by atoms with E-state index >= 15 is 0 Å². The van der Waals surface area contributed by atoms with E-state index in [1.54, 1.807) is 31.4 Å². The molecule has 0 unspecified atom stereocenters. The van der Waals surface area contributed by atoms with Gasteiger partial charge in [-0.2, -0.15) is 0 Å². The third-order valence-corrected chi connectivity index (χ3v) is 8.63. The molecule has 4 N–H and O–H groups in total. The van der Waals surface area contributed by atoms with Gasteiger partial charge in [0.05, 0.1) is 25.7 Å². The van der Waals surface area contributed by atoms with E-state index in [0.29, 0.717) is 30.8 Å². The lowest BCUT2D eigenvalue weighted by Gasteiger charge is -2.31. The lowest BCUT2D eigenvalue weighted by Crippen LogP contribution is -2.56. The highest BCUT2D eigenvalue weighted by molar-refractivity contribution is 6.01. The van der Waals surface area contributed by atoms with Gasteiger partial charge in [0.25, 0.3) is 5.91 Å². The summed E-state index contributed by atoms with van der Waals surface area (Å²) in [5.41, 5.74) is 1.99. The van der Waals surface area contributed by atoms with Gasteiger partial charge in [-0.1, -0.05) is 68.4 Å². The van der Waals surface area contributed by atoms with E-state index in [2.05, 4.69) is 21.3 Å². The first-order chi connectivity index (χ1) is 24.5. The summed E-state index contributed by atoms with van der Waals surface area (Å²) in [4.78, 5) is 69.8. The van der Waals surface area contributed by atoms with Gasteiger partial charge >= 0.3 is 0 Å². The van der Waals surface area contributed by atoms with Gasteiger partial charge in [-0.3, -0.25) is 24.0 Å². The predicted molar refractivity (Wildman–Crippen MR) is 193 cm³/mol. The molecule has 3 aromatic carbocycles. The summed E-state index contributed by atoms with van der Waals surface area (Å²) in [5, 5.41) is 11.4. The number of para-hydroxylation sites is 1. The molecule has 0 bridgehead atoms. The molecule has 3 atom stereocenters. The minimum Gasteiger partial charge on any atom is -0.497 e. The number of fused-ring (bicyclic) bond motifs is 1. The third-order valence-electron chi connectivity index (χ3n) is 8.63. The molecule has 3 aromatic rings. The lowest BCUT2D eigenvalue weighted by molar-refractivity contribution is -0.141. The third kappa shape index (κ3) is 11.6. The molecule has 0 radical (unpaired) electrons. The average molecular weight is 700 g/mol. The number of ether oxygens (including phenoxy) is 2. The number of carbonyl (C=O) groups excluding carboxylic acids is 5. The van der Waals surface area contributed by atoms with Crippen LogP contribution in [0, 0.1) is 5.92 Å². The van der Waals surface area contributed by atoms with Crippen molar-refractivity contribution in [1.29, 1.82) is 0 Å². The van der Waals surface area contributed by atoms with Gasteiger partial charge in [-0.25, -0.2) is 0 Å². The Morgan fingerprint density at radius 3 is 2.41 bits per heavy atom. The molecule has 51 heavy (non-hydrogen) atoms. The maximum atomic E-state index is 13.9. The van der Waals surface area contributed by atoms with Gasteiger partial charge in [0.1, 0.15) is 29.6 Å². The Kier molecular flexibility index (Phi) is 14.4. The van der Waals surface area contributed by atoms with Crippen LogP contribution in [-0.2, 0) is 32.0 Å². The number of amides is 5. The quantitative estimate of drug-likeness (QED) is 0.268. The smallest absolute Gasteiger partial charge is 0.255 e. The molecule has 0 aliphatic carbocycles. The van der Waals surface area contributed by atoms with E-state index in [-0.39, 0.29) is 43.5 Å². The van der Waals surface area contributed by atoms with Crippen molar-refractivity contribution in [2.45, 2.75) is 64.1 Å². The minimum absolute atomic E-state index is 0.0159. The zero-order valence-corrected chi connectivity index (χ0v) is 29.8. The molecule has 0 spiro atoms. The molecule has 1 aliphatic rings. The number of rotatable bonds is 9. The SMILES string of the molecule is COc1cccc(CCNC(=O)[C@@H]2CC(=O)N(C)[C@@H](CC(C)C)C(=O)N[C@@H](Cc3ccccc3)C(=O)NCCCOc3ccccc3C(=O)N2)c1. The Bertz CT molecular complexity index is 1650. The number of nitrogens with zero attached hydrogens (tertiary/aromatic N) is 1. The Hall–Kier alpha value is -5.39. The molecule has 4 rings (SSSR count). The summed E-state index contributed by atoms with van der Waals surface area (Å²) < 4.78 is 11.2. The van der Waals surface area contributed by atoms with Gasteiger partial charge in [0.15, 0.2) is 0 Å². The van der Waals surface area contributed by atoms with Crippen LogP contribution in [0.4, 0.5) is 0 Å². The highest BCUT2D eigenvalue weighted by atomic mass is 16.5. The van der Waals surface area contributed by atoms with E-state index in [1.807, 2.05) is 68.4 Å². The number of methoxy groups -OCH3 is 1. The van der Waals surface area contributed by atoms with Crippen LogP contribution in [0.25, 0.3) is 0 Å². The van der Waals surface area contributed by atoms with Gasteiger partial charge in [-0.05, 0) is 60.6 Å². The van der Waals surface area contributed by atoms with Crippen molar-refractivity contribution in [2.75, 3.05) is 33.9 Å². The van der Waals surface area contributed by atoms with E-state index in [9.17, 15) is 24.0 Å². The molecule has 5 amide bonds. The van der Waals surface area contributed by atoms with Crippen molar-refractivity contribution >= 4 is 29.5 Å². The first-order valence-corrected chi connectivity index (χ1v) is 17.4. The predicted octanol–water partition coefficient (Wildman–Crippen LogP) is 3.04. The summed E-state index contributed by atoms with van der Waals surface area (Å²) in [6.45, 7) is 4.56. The number of likely N-dealkylation sites (N-methyl/N-ethyl adjacent to an activating group) is 1. The summed E-state index contributed by atoms with van der Waals surface area (Å²) in [7, 11) is 3.08. The second-order valence-electron chi connectivity index (χ2n) is 13.0. The second kappa shape index (κ2) is 19.1. The Morgan fingerprint density at radius 1 is 0.941 bits per heavy atom. The van der Waals surface area contributed by atoms with Crippen LogP contribution < -0.4 is 30.7 Å². The molecule has 1 heterocycles. The zero-order chi connectivity index (χ0) is 36.8. The maximum absolute atomic E-state index is 13.9. The molecule has 0 fully saturated rings. The molecule has 1 aliphatic heterocycles. The number of hydrogen-bond acceptors (Lipinski definition) is 7. The Labute approximate surface area is 299 Å². The van der Waals surface area contributed by atoms with Gasteiger partial charge in [0, 0.05) is 26.6 Å². The molecule has 0 saturated carbocycles. The zero-order valence-electron chi connectivity index (χ0n) is 29.8. The van der Waals surface area contributed by atoms with Crippen molar-refractivity contribution in [3.63, 3.8) is 0 Å². The number of benzene rings is 3. The molecular weight excluding hydrogens is 650 g/mol. The van der Waals surface area contributed by atoms with Crippen molar-refractivity contribution in [2.24, 2.45) is 5.92 Å². The highest BCUT2D eigenvalue weighted by Crippen LogP contribution is 2.20. The van der Waals surface area contributed by atoms with Crippen LogP contribution in [0.2, 0.25) is 0 Å². The van der Waals surface area contributed by atoms with Gasteiger partial charge in [-0.15, -0.1) is 0 Å². The van der Waals surface area contributed by atoms with Gasteiger partial charge < -0.3 is 35.6 Å². The van der Waals surface area contributed by atoms with Crippen LogP contribution in [0.1, 0.15) is 54.6 Å². The molecular formula is C39H49N5O7. The summed E-state index contributed by atoms with van der Waals surface area (Å²) in [6, 6.07) is 20.4. The van der Waals surface area contributed by atoms with Crippen molar-refractivity contribution < 1.29 is 33.4 Å². The van der Waals surface area contributed by atoms with Crippen LogP contribution >= 0.6 is 0 Å². The summed E-state index contributed by atoms with van der Waals surface area (Å²) in [5.74, 6) is -1.52. The Balaban J connectivity index is 1.61. The van der Waals surface area contributed by atoms with Crippen molar-refractivity contribution in [3.05, 3.63) is 95.6 Å². The number of carbonyl (C=O) groups is 5. The number of hydrogen-bond donors (Lipinski definition) is 4. The molecule has 0 saturated heterocycles. The highest BCUT2D eigenvalue weighted by Gasteiger charge is 2.34. The van der Waals surface area contributed by atoms with Crippen LogP contribution in [-0.4, -0.2) is 86.4 Å². The standard InChI is InChI=1S/C39H49N5O7/c1-26(2)22-33-39(49)43-31(24-27-12-6-5-7-13-27)37(47)40-19-11-21-51-34-17-9-8-16-30(34)36(46)42-32(25-35(45)44(33)3)38(48)41-20-18-28-14-10-15-29(23-28)50-4/h5-10,12-17,23,26,31-33H,11,18-22,24-25H2,1-4H3,(H,40,47)(H,41,48)(H,42,46)(H,43,49)/t31-,32-,33-/m0/s1.